The maximum atomic E-state index is 13.6. The van der Waals surface area contributed by atoms with Crippen molar-refractivity contribution in [2.24, 2.45) is 5.92 Å². The van der Waals surface area contributed by atoms with Gasteiger partial charge in [0, 0.05) is 38.3 Å². The molecule has 1 spiro atoms. The van der Waals surface area contributed by atoms with Gasteiger partial charge in [-0.1, -0.05) is 18.6 Å². The highest BCUT2D eigenvalue weighted by molar-refractivity contribution is 5.78. The lowest BCUT2D eigenvalue weighted by molar-refractivity contribution is 0.0159. The van der Waals surface area contributed by atoms with Gasteiger partial charge in [-0.25, -0.2) is 9.18 Å². The Bertz CT molecular complexity index is 773. The average molecular weight is 447 g/mol. The van der Waals surface area contributed by atoms with Crippen molar-refractivity contribution < 1.29 is 14.3 Å². The van der Waals surface area contributed by atoms with E-state index in [0.29, 0.717) is 25.6 Å². The molecule has 4 rings (SSSR count). The molecule has 178 valence electrons. The van der Waals surface area contributed by atoms with E-state index in [4.69, 9.17) is 5.11 Å². The molecule has 0 aromatic heterocycles. The maximum absolute atomic E-state index is 13.6. The molecule has 0 atom stereocenters. The second kappa shape index (κ2) is 9.65. The van der Waals surface area contributed by atoms with Crippen molar-refractivity contribution in [3.05, 3.63) is 35.6 Å². The largest absolute Gasteiger partial charge is 0.395 e. The number of nitrogens with one attached hydrogen (secondary N) is 1. The van der Waals surface area contributed by atoms with Gasteiger partial charge in [0.15, 0.2) is 0 Å². The molecule has 2 amide bonds. The number of carbonyl (C=O) groups excluding carboxylic acids is 1. The molecule has 0 bridgehead atoms. The highest BCUT2D eigenvalue weighted by Crippen LogP contribution is 2.49. The van der Waals surface area contributed by atoms with Crippen LogP contribution < -0.4 is 5.32 Å². The summed E-state index contributed by atoms with van der Waals surface area (Å²) in [5.74, 6) is 0.439. The molecular formula is C25H39FN4O2. The fourth-order valence-electron chi connectivity index (χ4n) is 5.99. The van der Waals surface area contributed by atoms with Gasteiger partial charge in [-0.2, -0.15) is 0 Å². The Morgan fingerprint density at radius 3 is 2.38 bits per heavy atom. The van der Waals surface area contributed by atoms with Crippen LogP contribution in [0.15, 0.2) is 24.3 Å². The molecule has 1 aromatic rings. The third kappa shape index (κ3) is 4.39. The minimum Gasteiger partial charge on any atom is -0.395 e. The van der Waals surface area contributed by atoms with Gasteiger partial charge in [0.05, 0.1) is 12.1 Å². The Balaban J connectivity index is 1.52. The number of rotatable bonds is 9. The van der Waals surface area contributed by atoms with Crippen LogP contribution in [0.1, 0.15) is 50.5 Å². The molecule has 6 nitrogen and oxygen atoms in total. The summed E-state index contributed by atoms with van der Waals surface area (Å²) in [5.41, 5.74) is 0.933. The molecule has 1 saturated heterocycles. The van der Waals surface area contributed by atoms with Gasteiger partial charge < -0.3 is 20.2 Å². The van der Waals surface area contributed by atoms with Gasteiger partial charge in [-0.15, -0.1) is 0 Å². The third-order valence-electron chi connectivity index (χ3n) is 8.32. The van der Waals surface area contributed by atoms with E-state index in [-0.39, 0.29) is 29.5 Å². The van der Waals surface area contributed by atoms with Crippen molar-refractivity contribution in [3.8, 4) is 0 Å². The van der Waals surface area contributed by atoms with E-state index in [2.05, 4.69) is 29.2 Å². The highest BCUT2D eigenvalue weighted by atomic mass is 19.1. The number of hydrogen-bond donors (Lipinski definition) is 2. The average Bonchev–Trinajstić information content (AvgIpc) is 3.00. The van der Waals surface area contributed by atoms with Crippen molar-refractivity contribution in [3.63, 3.8) is 0 Å². The normalized spacial score (nSPS) is 28.7. The van der Waals surface area contributed by atoms with Gasteiger partial charge in [0.2, 0.25) is 0 Å². The maximum Gasteiger partial charge on any atom is 0.320 e. The zero-order chi connectivity index (χ0) is 22.8. The number of aliphatic hydroxyl groups excluding tert-OH is 1. The minimum atomic E-state index is -0.201. The van der Waals surface area contributed by atoms with Crippen LogP contribution in [0.2, 0.25) is 0 Å². The molecule has 0 unspecified atom stereocenters. The summed E-state index contributed by atoms with van der Waals surface area (Å²) in [6.45, 7) is 3.72. The quantitative estimate of drug-likeness (QED) is 0.573. The van der Waals surface area contributed by atoms with Crippen molar-refractivity contribution in [1.82, 2.24) is 20.0 Å². The van der Waals surface area contributed by atoms with Gasteiger partial charge >= 0.3 is 6.03 Å². The second-order valence-corrected chi connectivity index (χ2v) is 10.2. The molecule has 0 radical (unpaired) electrons. The number of urea groups is 1. The Morgan fingerprint density at radius 1 is 1.12 bits per heavy atom. The van der Waals surface area contributed by atoms with Crippen LogP contribution in [0.4, 0.5) is 9.18 Å². The van der Waals surface area contributed by atoms with E-state index in [9.17, 15) is 9.18 Å². The van der Waals surface area contributed by atoms with Gasteiger partial charge in [-0.3, -0.25) is 4.90 Å². The number of hydrogen-bond acceptors (Lipinski definition) is 4. The highest BCUT2D eigenvalue weighted by Gasteiger charge is 2.54. The van der Waals surface area contributed by atoms with E-state index in [0.717, 1.165) is 38.8 Å². The summed E-state index contributed by atoms with van der Waals surface area (Å²) in [6, 6.07) is 7.17. The summed E-state index contributed by atoms with van der Waals surface area (Å²) in [4.78, 5) is 20.0. The van der Waals surface area contributed by atoms with Crippen LogP contribution in [0.5, 0.6) is 0 Å². The summed E-state index contributed by atoms with van der Waals surface area (Å²) >= 11 is 0. The Morgan fingerprint density at radius 2 is 1.81 bits per heavy atom. The lowest BCUT2D eigenvalue weighted by Crippen LogP contribution is -2.56. The van der Waals surface area contributed by atoms with Crippen molar-refractivity contribution >= 4 is 6.03 Å². The molecule has 3 aliphatic rings. The predicted octanol–water partition coefficient (Wildman–Crippen LogP) is 3.02. The zero-order valence-electron chi connectivity index (χ0n) is 19.7. The molecule has 7 heteroatoms. The molecule has 1 heterocycles. The topological polar surface area (TPSA) is 59.0 Å². The van der Waals surface area contributed by atoms with Crippen molar-refractivity contribution in [2.75, 3.05) is 53.4 Å². The van der Waals surface area contributed by atoms with Crippen LogP contribution in [-0.4, -0.2) is 84.8 Å². The minimum absolute atomic E-state index is 0.108. The lowest BCUT2D eigenvalue weighted by Gasteiger charge is -2.51. The van der Waals surface area contributed by atoms with Crippen molar-refractivity contribution in [1.29, 1.82) is 0 Å². The molecule has 2 saturated carbocycles. The van der Waals surface area contributed by atoms with Crippen LogP contribution in [0.25, 0.3) is 0 Å². The van der Waals surface area contributed by atoms with E-state index in [1.165, 1.54) is 24.8 Å². The number of carbonyl (C=O) groups is 1. The molecule has 2 aliphatic carbocycles. The summed E-state index contributed by atoms with van der Waals surface area (Å²) in [7, 11) is 4.23. The number of halogens is 1. The Kier molecular flexibility index (Phi) is 7.08. The molecule has 1 aromatic carbocycles. The standard InChI is InChI=1S/C25H39FN4O2/c1-28(2)25(21-6-8-22(26)9-7-21)12-10-24(11-13-25)19-29(16-14-27-15-17-31)23(32)30(24)18-20-4-3-5-20/h6-9,20,27,31H,3-5,10-19H2,1-2H3. The van der Waals surface area contributed by atoms with E-state index in [1.807, 2.05) is 17.0 Å². The van der Waals surface area contributed by atoms with E-state index < -0.39 is 0 Å². The Labute approximate surface area is 191 Å². The molecule has 2 N–H and O–H groups in total. The monoisotopic (exact) mass is 446 g/mol. The number of nitrogens with zero attached hydrogens (tertiary/aromatic N) is 3. The fourth-order valence-corrected chi connectivity index (χ4v) is 5.99. The third-order valence-corrected chi connectivity index (χ3v) is 8.32. The van der Waals surface area contributed by atoms with Crippen LogP contribution >= 0.6 is 0 Å². The van der Waals surface area contributed by atoms with Crippen LogP contribution in [0, 0.1) is 11.7 Å². The SMILES string of the molecule is CN(C)C1(c2ccc(F)cc2)CCC2(CC1)CN(CCNCCO)C(=O)N2CC1CCC1. The zero-order valence-corrected chi connectivity index (χ0v) is 19.7. The Hall–Kier alpha value is -1.70. The van der Waals surface area contributed by atoms with Gasteiger partial charge in [-0.05, 0) is 76.2 Å². The number of aliphatic hydroxyl groups is 1. The summed E-state index contributed by atoms with van der Waals surface area (Å²) in [5, 5.41) is 12.2. The van der Waals surface area contributed by atoms with Gasteiger partial charge in [0.1, 0.15) is 5.82 Å². The smallest absolute Gasteiger partial charge is 0.320 e. The number of benzene rings is 1. The molecular weight excluding hydrogens is 407 g/mol. The van der Waals surface area contributed by atoms with E-state index in [1.54, 1.807) is 12.1 Å². The lowest BCUT2D eigenvalue weighted by atomic mass is 9.68. The molecule has 32 heavy (non-hydrogen) atoms. The predicted molar refractivity (Wildman–Crippen MR) is 124 cm³/mol. The first-order valence-electron chi connectivity index (χ1n) is 12.2. The molecule has 1 aliphatic heterocycles. The first-order valence-corrected chi connectivity index (χ1v) is 12.2. The summed E-state index contributed by atoms with van der Waals surface area (Å²) < 4.78 is 13.6. The van der Waals surface area contributed by atoms with Gasteiger partial charge in [0.25, 0.3) is 0 Å². The summed E-state index contributed by atoms with van der Waals surface area (Å²) in [6.07, 6.45) is 7.57. The molecule has 3 fully saturated rings. The second-order valence-electron chi connectivity index (χ2n) is 10.2. The first-order chi connectivity index (χ1) is 15.4. The van der Waals surface area contributed by atoms with Crippen molar-refractivity contribution in [2.45, 2.75) is 56.0 Å². The van der Waals surface area contributed by atoms with Crippen LogP contribution in [-0.2, 0) is 5.54 Å². The number of amides is 2. The fraction of sp³-hybridized carbons (Fsp3) is 0.720. The first kappa shape index (κ1) is 23.5. The van der Waals surface area contributed by atoms with Crippen LogP contribution in [0.3, 0.4) is 0 Å². The van der Waals surface area contributed by atoms with E-state index >= 15 is 0 Å².